The van der Waals surface area contributed by atoms with E-state index in [2.05, 4.69) is 26.0 Å². The maximum atomic E-state index is 13.3. The van der Waals surface area contributed by atoms with Gasteiger partial charge in [0, 0.05) is 0 Å². The highest BCUT2D eigenvalue weighted by Gasteiger charge is 2.25. The van der Waals surface area contributed by atoms with Crippen molar-refractivity contribution in [2.75, 3.05) is 0 Å². The SMILES string of the molecule is CCC(C)(Cc1ccccc1)c1ccc(F)c(Cl)c1. The molecule has 1 atom stereocenters. The summed E-state index contributed by atoms with van der Waals surface area (Å²) in [5, 5.41) is 0.199. The predicted octanol–water partition coefficient (Wildman–Crippen LogP) is 5.39. The number of halogens is 2. The van der Waals surface area contributed by atoms with Crippen molar-refractivity contribution < 1.29 is 4.39 Å². The number of hydrogen-bond donors (Lipinski definition) is 0. The molecule has 0 heterocycles. The van der Waals surface area contributed by atoms with Crippen molar-refractivity contribution in [1.29, 1.82) is 0 Å². The molecule has 0 fully saturated rings. The molecule has 2 aromatic rings. The summed E-state index contributed by atoms with van der Waals surface area (Å²) in [6.07, 6.45) is 1.90. The Morgan fingerprint density at radius 1 is 1.11 bits per heavy atom. The van der Waals surface area contributed by atoms with Gasteiger partial charge in [0.15, 0.2) is 0 Å². The van der Waals surface area contributed by atoms with Crippen LogP contribution in [0, 0.1) is 5.82 Å². The molecule has 0 bridgehead atoms. The normalized spacial score (nSPS) is 14.1. The first-order valence-corrected chi connectivity index (χ1v) is 6.92. The second-order valence-corrected chi connectivity index (χ2v) is 5.61. The first-order chi connectivity index (χ1) is 9.05. The van der Waals surface area contributed by atoms with Gasteiger partial charge in [0.05, 0.1) is 5.02 Å². The van der Waals surface area contributed by atoms with Crippen LogP contribution in [0.1, 0.15) is 31.4 Å². The van der Waals surface area contributed by atoms with Crippen LogP contribution in [-0.2, 0) is 11.8 Å². The van der Waals surface area contributed by atoms with E-state index < -0.39 is 0 Å². The van der Waals surface area contributed by atoms with Gasteiger partial charge in [-0.15, -0.1) is 0 Å². The van der Waals surface area contributed by atoms with E-state index in [9.17, 15) is 4.39 Å². The van der Waals surface area contributed by atoms with Crippen LogP contribution in [0.25, 0.3) is 0 Å². The average molecular weight is 277 g/mol. The molecule has 0 aromatic heterocycles. The highest BCUT2D eigenvalue weighted by molar-refractivity contribution is 6.30. The smallest absolute Gasteiger partial charge is 0.141 e. The van der Waals surface area contributed by atoms with Gasteiger partial charge in [-0.2, -0.15) is 0 Å². The fraction of sp³-hybridized carbons (Fsp3) is 0.294. The fourth-order valence-corrected chi connectivity index (χ4v) is 2.53. The Kier molecular flexibility index (Phi) is 4.26. The summed E-state index contributed by atoms with van der Waals surface area (Å²) in [6, 6.07) is 15.4. The van der Waals surface area contributed by atoms with Crippen molar-refractivity contribution in [3.05, 3.63) is 70.5 Å². The summed E-state index contributed by atoms with van der Waals surface area (Å²) in [5.41, 5.74) is 2.34. The lowest BCUT2D eigenvalue weighted by Crippen LogP contribution is -2.24. The first kappa shape index (κ1) is 14.1. The zero-order valence-corrected chi connectivity index (χ0v) is 12.0. The monoisotopic (exact) mass is 276 g/mol. The molecule has 2 heteroatoms. The van der Waals surface area contributed by atoms with Gasteiger partial charge in [0.1, 0.15) is 5.82 Å². The van der Waals surface area contributed by atoms with Gasteiger partial charge in [0.2, 0.25) is 0 Å². The summed E-state index contributed by atoms with van der Waals surface area (Å²) in [5.74, 6) is -0.358. The van der Waals surface area contributed by atoms with E-state index in [1.165, 1.54) is 11.6 Å². The number of hydrogen-bond acceptors (Lipinski definition) is 0. The molecular weight excluding hydrogens is 259 g/mol. The van der Waals surface area contributed by atoms with Gasteiger partial charge < -0.3 is 0 Å². The highest BCUT2D eigenvalue weighted by Crippen LogP contribution is 2.33. The molecule has 0 saturated carbocycles. The summed E-state index contributed by atoms with van der Waals surface area (Å²) < 4.78 is 13.3. The Balaban J connectivity index is 2.33. The summed E-state index contributed by atoms with van der Waals surface area (Å²) >= 11 is 5.90. The zero-order valence-electron chi connectivity index (χ0n) is 11.3. The molecule has 0 aliphatic rings. The molecule has 19 heavy (non-hydrogen) atoms. The van der Waals surface area contributed by atoms with E-state index in [0.717, 1.165) is 18.4 Å². The molecule has 0 aliphatic heterocycles. The minimum atomic E-state index is -0.358. The van der Waals surface area contributed by atoms with Crippen LogP contribution < -0.4 is 0 Å². The molecule has 100 valence electrons. The van der Waals surface area contributed by atoms with Crippen LogP contribution in [-0.4, -0.2) is 0 Å². The Bertz CT molecular complexity index is 550. The molecular formula is C17H18ClF. The van der Waals surface area contributed by atoms with Crippen molar-refractivity contribution in [2.24, 2.45) is 0 Å². The molecule has 0 nitrogen and oxygen atoms in total. The maximum absolute atomic E-state index is 13.3. The number of benzene rings is 2. The van der Waals surface area contributed by atoms with Crippen molar-refractivity contribution >= 4 is 11.6 Å². The van der Waals surface area contributed by atoms with Gasteiger partial charge in [-0.3, -0.25) is 0 Å². The Hall–Kier alpha value is -1.34. The molecule has 0 amide bonds. The maximum Gasteiger partial charge on any atom is 0.141 e. The van der Waals surface area contributed by atoms with E-state index in [-0.39, 0.29) is 16.3 Å². The van der Waals surface area contributed by atoms with Gasteiger partial charge in [0.25, 0.3) is 0 Å². The second-order valence-electron chi connectivity index (χ2n) is 5.21. The van der Waals surface area contributed by atoms with Crippen LogP contribution in [0.15, 0.2) is 48.5 Å². The number of rotatable bonds is 4. The predicted molar refractivity (Wildman–Crippen MR) is 79.2 cm³/mol. The average Bonchev–Trinajstić information content (AvgIpc) is 2.43. The van der Waals surface area contributed by atoms with E-state index in [1.54, 1.807) is 6.07 Å². The molecule has 1 unspecified atom stereocenters. The van der Waals surface area contributed by atoms with Gasteiger partial charge >= 0.3 is 0 Å². The van der Waals surface area contributed by atoms with Crippen LogP contribution >= 0.6 is 11.6 Å². The van der Waals surface area contributed by atoms with Gasteiger partial charge in [-0.05, 0) is 41.5 Å². The van der Waals surface area contributed by atoms with Crippen LogP contribution in [0.3, 0.4) is 0 Å². The molecule has 0 aliphatic carbocycles. The van der Waals surface area contributed by atoms with Gasteiger partial charge in [-0.25, -0.2) is 4.39 Å². The second kappa shape index (κ2) is 5.75. The fourth-order valence-electron chi connectivity index (χ4n) is 2.35. The molecule has 2 aromatic carbocycles. The third-order valence-electron chi connectivity index (χ3n) is 3.83. The molecule has 0 saturated heterocycles. The van der Waals surface area contributed by atoms with Crippen molar-refractivity contribution in [3.8, 4) is 0 Å². The molecule has 0 N–H and O–H groups in total. The lowest BCUT2D eigenvalue weighted by Gasteiger charge is -2.29. The van der Waals surface area contributed by atoms with E-state index >= 15 is 0 Å². The third kappa shape index (κ3) is 3.16. The van der Waals surface area contributed by atoms with E-state index in [4.69, 9.17) is 11.6 Å². The molecule has 0 radical (unpaired) electrons. The summed E-state index contributed by atoms with van der Waals surface area (Å²) in [7, 11) is 0. The Labute approximate surface area is 119 Å². The standard InChI is InChI=1S/C17H18ClF/c1-3-17(2,12-13-7-5-4-6-8-13)14-9-10-16(19)15(18)11-14/h4-11H,3,12H2,1-2H3. The van der Waals surface area contributed by atoms with Crippen molar-refractivity contribution in [3.63, 3.8) is 0 Å². The summed E-state index contributed by atoms with van der Waals surface area (Å²) in [4.78, 5) is 0. The van der Waals surface area contributed by atoms with Gasteiger partial charge in [-0.1, -0.05) is 61.8 Å². The van der Waals surface area contributed by atoms with E-state index in [0.29, 0.717) is 0 Å². The van der Waals surface area contributed by atoms with Crippen LogP contribution in [0.2, 0.25) is 5.02 Å². The minimum Gasteiger partial charge on any atom is -0.205 e. The quantitative estimate of drug-likeness (QED) is 0.702. The zero-order chi connectivity index (χ0) is 13.9. The third-order valence-corrected chi connectivity index (χ3v) is 4.12. The van der Waals surface area contributed by atoms with Crippen molar-refractivity contribution in [2.45, 2.75) is 32.1 Å². The topological polar surface area (TPSA) is 0 Å². The first-order valence-electron chi connectivity index (χ1n) is 6.54. The Morgan fingerprint density at radius 2 is 1.79 bits per heavy atom. The summed E-state index contributed by atoms with van der Waals surface area (Å²) in [6.45, 7) is 4.35. The molecule has 2 rings (SSSR count). The Morgan fingerprint density at radius 3 is 2.37 bits per heavy atom. The molecule has 0 spiro atoms. The lowest BCUT2D eigenvalue weighted by molar-refractivity contribution is 0.451. The highest BCUT2D eigenvalue weighted by atomic mass is 35.5. The largest absolute Gasteiger partial charge is 0.205 e. The van der Waals surface area contributed by atoms with Crippen LogP contribution in [0.5, 0.6) is 0 Å². The lowest BCUT2D eigenvalue weighted by atomic mass is 9.75. The minimum absolute atomic E-state index is 0.0291. The van der Waals surface area contributed by atoms with Crippen LogP contribution in [0.4, 0.5) is 4.39 Å². The van der Waals surface area contributed by atoms with E-state index in [1.807, 2.05) is 24.3 Å². The van der Waals surface area contributed by atoms with Crippen molar-refractivity contribution in [1.82, 2.24) is 0 Å².